The standard InChI is InChI=1S/C19H20N4O/c24-19(11-12-23-15-20-14-21-23)22-18(17-9-5-2-6-10-17)13-16-7-3-1-4-8-16/h1-10,14-15,18H,11-13H2,(H,22,24)/t18-/m1/s1. The van der Waals surface area contributed by atoms with Gasteiger partial charge in [0.2, 0.25) is 5.91 Å². The number of carbonyl (C=O) groups is 1. The van der Waals surface area contributed by atoms with Crippen LogP contribution in [0.25, 0.3) is 0 Å². The Morgan fingerprint density at radius 2 is 1.75 bits per heavy atom. The molecule has 5 heteroatoms. The summed E-state index contributed by atoms with van der Waals surface area (Å²) in [6, 6.07) is 20.2. The highest BCUT2D eigenvalue weighted by Crippen LogP contribution is 2.18. The Morgan fingerprint density at radius 3 is 2.42 bits per heavy atom. The second-order valence-corrected chi connectivity index (χ2v) is 5.63. The van der Waals surface area contributed by atoms with Crippen LogP contribution >= 0.6 is 0 Å². The average molecular weight is 320 g/mol. The summed E-state index contributed by atoms with van der Waals surface area (Å²) < 4.78 is 1.66. The molecule has 0 radical (unpaired) electrons. The smallest absolute Gasteiger partial charge is 0.222 e. The number of amides is 1. The number of aryl methyl sites for hydroxylation is 1. The van der Waals surface area contributed by atoms with Crippen molar-refractivity contribution in [3.8, 4) is 0 Å². The summed E-state index contributed by atoms with van der Waals surface area (Å²) in [6.07, 6.45) is 4.23. The zero-order chi connectivity index (χ0) is 16.6. The first kappa shape index (κ1) is 15.9. The third kappa shape index (κ3) is 4.52. The Hall–Kier alpha value is -2.95. The van der Waals surface area contributed by atoms with E-state index in [1.165, 1.54) is 11.9 Å². The Morgan fingerprint density at radius 1 is 1.04 bits per heavy atom. The van der Waals surface area contributed by atoms with Gasteiger partial charge in [0.05, 0.1) is 12.6 Å². The van der Waals surface area contributed by atoms with E-state index in [1.54, 1.807) is 11.0 Å². The fraction of sp³-hybridized carbons (Fsp3) is 0.211. The highest BCUT2D eigenvalue weighted by molar-refractivity contribution is 5.76. The van der Waals surface area contributed by atoms with Crippen molar-refractivity contribution < 1.29 is 4.79 Å². The summed E-state index contributed by atoms with van der Waals surface area (Å²) in [4.78, 5) is 16.2. The van der Waals surface area contributed by atoms with Gasteiger partial charge >= 0.3 is 0 Å². The summed E-state index contributed by atoms with van der Waals surface area (Å²) in [5.74, 6) is 0.00952. The number of aromatic nitrogens is 3. The lowest BCUT2D eigenvalue weighted by Gasteiger charge is -2.19. The first-order chi connectivity index (χ1) is 11.8. The van der Waals surface area contributed by atoms with E-state index >= 15 is 0 Å². The number of hydrogen-bond acceptors (Lipinski definition) is 3. The number of nitrogens with one attached hydrogen (secondary N) is 1. The summed E-state index contributed by atoms with van der Waals surface area (Å²) >= 11 is 0. The highest BCUT2D eigenvalue weighted by Gasteiger charge is 2.15. The van der Waals surface area contributed by atoms with E-state index in [0.29, 0.717) is 13.0 Å². The number of benzene rings is 2. The van der Waals surface area contributed by atoms with Crippen molar-refractivity contribution in [3.05, 3.63) is 84.4 Å². The van der Waals surface area contributed by atoms with Crippen molar-refractivity contribution >= 4 is 5.91 Å². The normalized spacial score (nSPS) is 11.8. The topological polar surface area (TPSA) is 59.8 Å². The van der Waals surface area contributed by atoms with E-state index in [9.17, 15) is 4.79 Å². The first-order valence-corrected chi connectivity index (χ1v) is 8.02. The molecule has 0 saturated heterocycles. The molecular formula is C19H20N4O. The first-order valence-electron chi connectivity index (χ1n) is 8.02. The second-order valence-electron chi connectivity index (χ2n) is 5.63. The third-order valence-electron chi connectivity index (χ3n) is 3.85. The van der Waals surface area contributed by atoms with Gasteiger partial charge in [-0.05, 0) is 17.5 Å². The number of carbonyl (C=O) groups excluding carboxylic acids is 1. The van der Waals surface area contributed by atoms with Gasteiger partial charge in [-0.25, -0.2) is 4.98 Å². The summed E-state index contributed by atoms with van der Waals surface area (Å²) in [5.41, 5.74) is 2.30. The molecule has 3 rings (SSSR count). The number of hydrogen-bond donors (Lipinski definition) is 1. The third-order valence-corrected chi connectivity index (χ3v) is 3.85. The van der Waals surface area contributed by atoms with E-state index in [4.69, 9.17) is 0 Å². The van der Waals surface area contributed by atoms with Gasteiger partial charge < -0.3 is 5.32 Å². The van der Waals surface area contributed by atoms with Crippen LogP contribution in [0.15, 0.2) is 73.3 Å². The van der Waals surface area contributed by atoms with Gasteiger partial charge in [-0.2, -0.15) is 5.10 Å². The van der Waals surface area contributed by atoms with E-state index in [0.717, 1.165) is 12.0 Å². The van der Waals surface area contributed by atoms with Gasteiger partial charge in [0.25, 0.3) is 0 Å². The molecule has 0 unspecified atom stereocenters. The average Bonchev–Trinajstić information content (AvgIpc) is 3.15. The molecule has 0 aliphatic heterocycles. The van der Waals surface area contributed by atoms with Crippen LogP contribution in [-0.2, 0) is 17.8 Å². The van der Waals surface area contributed by atoms with Crippen molar-refractivity contribution in [2.45, 2.75) is 25.4 Å². The molecule has 0 bridgehead atoms. The van der Waals surface area contributed by atoms with Gasteiger partial charge in [0, 0.05) is 6.42 Å². The molecule has 24 heavy (non-hydrogen) atoms. The molecule has 1 heterocycles. The summed E-state index contributed by atoms with van der Waals surface area (Å²) in [5, 5.41) is 7.16. The second kappa shape index (κ2) is 8.06. The number of nitrogens with zero attached hydrogens (tertiary/aromatic N) is 3. The SMILES string of the molecule is O=C(CCn1cncn1)N[C@H](Cc1ccccc1)c1ccccc1. The Bertz CT molecular complexity index is 742. The van der Waals surface area contributed by atoms with Crippen LogP contribution in [-0.4, -0.2) is 20.7 Å². The maximum Gasteiger partial charge on any atom is 0.222 e. The van der Waals surface area contributed by atoms with Crippen molar-refractivity contribution in [2.24, 2.45) is 0 Å². The molecule has 0 aliphatic carbocycles. The lowest BCUT2D eigenvalue weighted by molar-refractivity contribution is -0.122. The maximum atomic E-state index is 12.3. The minimum Gasteiger partial charge on any atom is -0.349 e. The molecule has 5 nitrogen and oxygen atoms in total. The quantitative estimate of drug-likeness (QED) is 0.728. The largest absolute Gasteiger partial charge is 0.349 e. The van der Waals surface area contributed by atoms with Gasteiger partial charge in [-0.15, -0.1) is 0 Å². The van der Waals surface area contributed by atoms with Crippen LogP contribution in [0.3, 0.4) is 0 Å². The molecule has 0 fully saturated rings. The summed E-state index contributed by atoms with van der Waals surface area (Å²) in [6.45, 7) is 0.526. The molecule has 1 atom stereocenters. The van der Waals surface area contributed by atoms with Crippen molar-refractivity contribution in [1.82, 2.24) is 20.1 Å². The minimum absolute atomic E-state index is 0.00952. The van der Waals surface area contributed by atoms with E-state index < -0.39 is 0 Å². The molecular weight excluding hydrogens is 300 g/mol. The number of rotatable bonds is 7. The Labute approximate surface area is 141 Å². The molecule has 122 valence electrons. The van der Waals surface area contributed by atoms with Crippen LogP contribution in [0.1, 0.15) is 23.6 Å². The molecule has 1 amide bonds. The van der Waals surface area contributed by atoms with Crippen LogP contribution in [0.2, 0.25) is 0 Å². The Kier molecular flexibility index (Phi) is 5.35. The van der Waals surface area contributed by atoms with Crippen molar-refractivity contribution in [2.75, 3.05) is 0 Å². The zero-order valence-corrected chi connectivity index (χ0v) is 13.4. The van der Waals surface area contributed by atoms with Crippen LogP contribution in [0.5, 0.6) is 0 Å². The van der Waals surface area contributed by atoms with Gasteiger partial charge in [-0.3, -0.25) is 9.48 Å². The molecule has 0 saturated carbocycles. The van der Waals surface area contributed by atoms with Crippen molar-refractivity contribution in [1.29, 1.82) is 0 Å². The fourth-order valence-corrected chi connectivity index (χ4v) is 2.62. The minimum atomic E-state index is -0.0446. The van der Waals surface area contributed by atoms with Gasteiger partial charge in [-0.1, -0.05) is 60.7 Å². The lowest BCUT2D eigenvalue weighted by Crippen LogP contribution is -2.30. The van der Waals surface area contributed by atoms with E-state index in [-0.39, 0.29) is 11.9 Å². The molecule has 2 aromatic carbocycles. The lowest BCUT2D eigenvalue weighted by atomic mass is 9.98. The molecule has 0 aliphatic rings. The summed E-state index contributed by atoms with van der Waals surface area (Å²) in [7, 11) is 0. The monoisotopic (exact) mass is 320 g/mol. The van der Waals surface area contributed by atoms with Crippen molar-refractivity contribution in [3.63, 3.8) is 0 Å². The van der Waals surface area contributed by atoms with Gasteiger partial charge in [0.1, 0.15) is 12.7 Å². The van der Waals surface area contributed by atoms with Crippen LogP contribution < -0.4 is 5.32 Å². The van der Waals surface area contributed by atoms with E-state index in [1.807, 2.05) is 48.5 Å². The predicted octanol–water partition coefficient (Wildman–Crippen LogP) is 2.77. The Balaban J connectivity index is 1.66. The maximum absolute atomic E-state index is 12.3. The van der Waals surface area contributed by atoms with Gasteiger partial charge in [0.15, 0.2) is 0 Å². The van der Waals surface area contributed by atoms with Crippen LogP contribution in [0.4, 0.5) is 0 Å². The fourth-order valence-electron chi connectivity index (χ4n) is 2.62. The van der Waals surface area contributed by atoms with Crippen LogP contribution in [0, 0.1) is 0 Å². The van der Waals surface area contributed by atoms with E-state index in [2.05, 4.69) is 27.5 Å². The zero-order valence-electron chi connectivity index (χ0n) is 13.4. The molecule has 1 N–H and O–H groups in total. The molecule has 3 aromatic rings. The predicted molar refractivity (Wildman–Crippen MR) is 92.1 cm³/mol. The molecule has 1 aromatic heterocycles. The highest BCUT2D eigenvalue weighted by atomic mass is 16.1. The molecule has 0 spiro atoms.